The van der Waals surface area contributed by atoms with Crippen LogP contribution in [0.5, 0.6) is 0 Å². The Morgan fingerprint density at radius 1 is 1.53 bits per heavy atom. The molecular formula is C12H15BrFNO3S. The highest BCUT2D eigenvalue weighted by Gasteiger charge is 2.28. The minimum absolute atomic E-state index is 0.145. The molecule has 1 fully saturated rings. The van der Waals surface area contributed by atoms with Crippen LogP contribution in [0.3, 0.4) is 0 Å². The smallest absolute Gasteiger partial charge is 0.243 e. The lowest BCUT2D eigenvalue weighted by molar-refractivity contribution is 0.0902. The van der Waals surface area contributed by atoms with Crippen LogP contribution in [-0.2, 0) is 14.8 Å². The highest BCUT2D eigenvalue weighted by molar-refractivity contribution is 9.10. The number of nitrogens with one attached hydrogen (secondary N) is 1. The third-order valence-electron chi connectivity index (χ3n) is 3.05. The van der Waals surface area contributed by atoms with E-state index in [1.165, 1.54) is 12.1 Å². The Kier molecular flexibility index (Phi) is 4.60. The van der Waals surface area contributed by atoms with Crippen molar-refractivity contribution < 1.29 is 17.5 Å². The Balaban J connectivity index is 2.17. The molecule has 106 valence electrons. The average molecular weight is 352 g/mol. The molecule has 19 heavy (non-hydrogen) atoms. The van der Waals surface area contributed by atoms with Crippen molar-refractivity contribution in [1.82, 2.24) is 4.72 Å². The number of ether oxygens (including phenoxy) is 1. The van der Waals surface area contributed by atoms with Crippen molar-refractivity contribution in [3.05, 3.63) is 28.5 Å². The molecule has 1 heterocycles. The summed E-state index contributed by atoms with van der Waals surface area (Å²) in [6.07, 6.45) is 1.59. The first-order chi connectivity index (χ1) is 8.90. The van der Waals surface area contributed by atoms with Crippen molar-refractivity contribution in [2.45, 2.75) is 36.8 Å². The van der Waals surface area contributed by atoms with E-state index in [2.05, 4.69) is 20.7 Å². The fourth-order valence-corrected chi connectivity index (χ4v) is 3.74. The Morgan fingerprint density at radius 2 is 2.26 bits per heavy atom. The van der Waals surface area contributed by atoms with Gasteiger partial charge in [0.05, 0.1) is 6.10 Å². The maximum Gasteiger partial charge on any atom is 0.243 e. The quantitative estimate of drug-likeness (QED) is 0.906. The summed E-state index contributed by atoms with van der Waals surface area (Å²) < 4.78 is 46.3. The molecule has 0 saturated carbocycles. The molecule has 0 bridgehead atoms. The van der Waals surface area contributed by atoms with E-state index in [1.54, 1.807) is 6.92 Å². The lowest BCUT2D eigenvalue weighted by Crippen LogP contribution is -2.41. The summed E-state index contributed by atoms with van der Waals surface area (Å²) in [6, 6.07) is 3.49. The first kappa shape index (κ1) is 14.9. The van der Waals surface area contributed by atoms with Crippen LogP contribution in [0.25, 0.3) is 0 Å². The molecule has 1 aliphatic heterocycles. The molecule has 4 nitrogen and oxygen atoms in total. The molecule has 0 amide bonds. The molecule has 0 aromatic heterocycles. The second-order valence-corrected chi connectivity index (χ2v) is 7.13. The molecule has 7 heteroatoms. The summed E-state index contributed by atoms with van der Waals surface area (Å²) in [6.45, 7) is 2.37. The fourth-order valence-electron chi connectivity index (χ4n) is 2.07. The number of halogens is 2. The zero-order valence-electron chi connectivity index (χ0n) is 10.4. The van der Waals surface area contributed by atoms with Crippen LogP contribution in [0.4, 0.5) is 4.39 Å². The molecule has 2 rings (SSSR count). The van der Waals surface area contributed by atoms with Crippen LogP contribution in [0.1, 0.15) is 19.8 Å². The van der Waals surface area contributed by atoms with Crippen molar-refractivity contribution >= 4 is 26.0 Å². The fraction of sp³-hybridized carbons (Fsp3) is 0.500. The summed E-state index contributed by atoms with van der Waals surface area (Å²) >= 11 is 3.09. The maximum absolute atomic E-state index is 13.7. The summed E-state index contributed by atoms with van der Waals surface area (Å²) in [7, 11) is -3.87. The van der Waals surface area contributed by atoms with E-state index in [0.29, 0.717) is 11.1 Å². The molecule has 1 aromatic carbocycles. The third-order valence-corrected chi connectivity index (χ3v) is 5.13. The molecule has 0 aliphatic carbocycles. The van der Waals surface area contributed by atoms with E-state index in [-0.39, 0.29) is 17.0 Å². The SMILES string of the molecule is CC(NS(=O)(=O)c1ccc(Br)cc1F)C1CCCO1. The van der Waals surface area contributed by atoms with Gasteiger partial charge in [0, 0.05) is 17.1 Å². The second-order valence-electron chi connectivity index (χ2n) is 4.54. The van der Waals surface area contributed by atoms with Gasteiger partial charge in [-0.15, -0.1) is 0 Å². The van der Waals surface area contributed by atoms with Gasteiger partial charge >= 0.3 is 0 Å². The minimum Gasteiger partial charge on any atom is -0.377 e. The molecule has 1 aliphatic rings. The molecule has 1 saturated heterocycles. The first-order valence-corrected chi connectivity index (χ1v) is 8.27. The predicted octanol–water partition coefficient (Wildman–Crippen LogP) is 2.43. The van der Waals surface area contributed by atoms with Gasteiger partial charge < -0.3 is 4.74 Å². The van der Waals surface area contributed by atoms with Gasteiger partial charge in [-0.1, -0.05) is 15.9 Å². The monoisotopic (exact) mass is 351 g/mol. The van der Waals surface area contributed by atoms with Crippen LogP contribution in [0, 0.1) is 5.82 Å². The van der Waals surface area contributed by atoms with Crippen molar-refractivity contribution in [1.29, 1.82) is 0 Å². The van der Waals surface area contributed by atoms with Crippen LogP contribution in [0.2, 0.25) is 0 Å². The number of benzene rings is 1. The molecule has 1 N–H and O–H groups in total. The Labute approximate surface area is 120 Å². The largest absolute Gasteiger partial charge is 0.377 e. The van der Waals surface area contributed by atoms with E-state index < -0.39 is 15.8 Å². The van der Waals surface area contributed by atoms with E-state index in [9.17, 15) is 12.8 Å². The van der Waals surface area contributed by atoms with Gasteiger partial charge in [-0.05, 0) is 38.0 Å². The van der Waals surface area contributed by atoms with Gasteiger partial charge in [-0.3, -0.25) is 0 Å². The van der Waals surface area contributed by atoms with Crippen LogP contribution in [-0.4, -0.2) is 27.2 Å². The van der Waals surface area contributed by atoms with Gasteiger partial charge in [0.15, 0.2) is 0 Å². The molecule has 0 radical (unpaired) electrons. The van der Waals surface area contributed by atoms with E-state index >= 15 is 0 Å². The second kappa shape index (κ2) is 5.87. The van der Waals surface area contributed by atoms with Gasteiger partial charge in [0.1, 0.15) is 10.7 Å². The third kappa shape index (κ3) is 3.53. The molecule has 2 atom stereocenters. The van der Waals surface area contributed by atoms with Gasteiger partial charge in [0.25, 0.3) is 0 Å². The van der Waals surface area contributed by atoms with E-state index in [1.807, 2.05) is 0 Å². The van der Waals surface area contributed by atoms with Crippen molar-refractivity contribution in [2.75, 3.05) is 6.61 Å². The summed E-state index contributed by atoms with van der Waals surface area (Å²) in [5, 5.41) is 0. The Hall–Kier alpha value is -0.500. The predicted molar refractivity (Wildman–Crippen MR) is 72.9 cm³/mol. The van der Waals surface area contributed by atoms with E-state index in [4.69, 9.17) is 4.74 Å². The molecular weight excluding hydrogens is 337 g/mol. The van der Waals surface area contributed by atoms with Gasteiger partial charge in [-0.2, -0.15) is 0 Å². The summed E-state index contributed by atoms with van der Waals surface area (Å²) in [4.78, 5) is -0.347. The first-order valence-electron chi connectivity index (χ1n) is 5.99. The standard InChI is InChI=1S/C12H15BrFNO3S/c1-8(11-3-2-6-18-11)15-19(16,17)12-5-4-9(13)7-10(12)14/h4-5,7-8,11,15H,2-3,6H2,1H3. The van der Waals surface area contributed by atoms with Gasteiger partial charge in [-0.25, -0.2) is 17.5 Å². The molecule has 0 spiro atoms. The normalized spacial score (nSPS) is 21.5. The number of hydrogen-bond donors (Lipinski definition) is 1. The molecule has 2 unspecified atom stereocenters. The van der Waals surface area contributed by atoms with Crippen LogP contribution in [0.15, 0.2) is 27.6 Å². The lowest BCUT2D eigenvalue weighted by Gasteiger charge is -2.20. The van der Waals surface area contributed by atoms with E-state index in [0.717, 1.165) is 18.9 Å². The molecule has 1 aromatic rings. The zero-order chi connectivity index (χ0) is 14.0. The van der Waals surface area contributed by atoms with Crippen LogP contribution < -0.4 is 4.72 Å². The minimum atomic E-state index is -3.87. The summed E-state index contributed by atoms with van der Waals surface area (Å²) in [5.74, 6) is -0.776. The average Bonchev–Trinajstić information content (AvgIpc) is 2.80. The summed E-state index contributed by atoms with van der Waals surface area (Å²) in [5.41, 5.74) is 0. The van der Waals surface area contributed by atoms with Gasteiger partial charge in [0.2, 0.25) is 10.0 Å². The lowest BCUT2D eigenvalue weighted by atomic mass is 10.1. The topological polar surface area (TPSA) is 55.4 Å². The van der Waals surface area contributed by atoms with Crippen LogP contribution >= 0.6 is 15.9 Å². The Bertz CT molecular complexity index is 558. The zero-order valence-corrected chi connectivity index (χ0v) is 12.8. The van der Waals surface area contributed by atoms with Crippen molar-refractivity contribution in [2.24, 2.45) is 0 Å². The highest BCUT2D eigenvalue weighted by Crippen LogP contribution is 2.21. The Morgan fingerprint density at radius 3 is 2.84 bits per heavy atom. The number of hydrogen-bond acceptors (Lipinski definition) is 3. The van der Waals surface area contributed by atoms with Crippen molar-refractivity contribution in [3.63, 3.8) is 0 Å². The highest BCUT2D eigenvalue weighted by atomic mass is 79.9. The van der Waals surface area contributed by atoms with Crippen molar-refractivity contribution in [3.8, 4) is 0 Å². The number of rotatable bonds is 4. The number of sulfonamides is 1. The maximum atomic E-state index is 13.7.